The van der Waals surface area contributed by atoms with E-state index < -0.39 is 24.3 Å². The molecule has 0 aliphatic heterocycles. The Hall–Kier alpha value is -6.39. The molecule has 0 aliphatic carbocycles. The summed E-state index contributed by atoms with van der Waals surface area (Å²) in [6.07, 6.45) is 119. The highest BCUT2D eigenvalue weighted by Gasteiger charge is 2.22. The molecule has 0 heterocycles. The standard InChI is InChI=1S/C90H141NO8/c1-6-8-10-12-14-16-18-20-22-24-26-28-30-32-34-36-38-40-41-42-43-44-45-46-47-49-50-52-54-56-58-60-62-64-66-68-70-72-74-76-78-80-87(92)97-84-86(85-98-90(89(94)95)96-83-82-91(3,4)5)99-88(93)81-79-77-75-73-71-69-67-65-63-61-59-57-55-53-51-48-39-37-35-33-31-29-27-25-23-21-19-17-15-13-11-9-7-2/h8-11,14-17,20-23,26-29,32-35,38-40,42-43,45-46,48,53,55,59,61,65,67,71,73,86,90H,6-7,12-13,18-19,24-25,30-31,36-37,41,44,47,49-52,54,56-58,60,62-64,66,68-70,72,74-85H2,1-5H3/b10-8-,11-9-,16-14-,17-15-,22-20-,23-21-,28-26-,29-27-,34-32-,35-33-,40-38-,43-42-,46-45-,48-39-,55-53-,61-59-,67-65-,73-71-. The number of unbranched alkanes of at least 4 members (excludes halogenated alkanes) is 18. The van der Waals surface area contributed by atoms with Gasteiger partial charge in [-0.25, -0.2) is 0 Å². The van der Waals surface area contributed by atoms with Crippen molar-refractivity contribution in [2.75, 3.05) is 47.5 Å². The smallest absolute Gasteiger partial charge is 0.306 e. The van der Waals surface area contributed by atoms with Gasteiger partial charge in [0, 0.05) is 12.8 Å². The summed E-state index contributed by atoms with van der Waals surface area (Å²) in [4.78, 5) is 37.6. The third-order valence-electron chi connectivity index (χ3n) is 15.7. The molecule has 0 fully saturated rings. The first-order valence-electron chi connectivity index (χ1n) is 38.9. The van der Waals surface area contributed by atoms with Crippen LogP contribution in [0.4, 0.5) is 0 Å². The molecule has 0 bridgehead atoms. The Balaban J connectivity index is 4.18. The fraction of sp³-hybridized carbons (Fsp3) is 0.567. The molecule has 99 heavy (non-hydrogen) atoms. The number of carboxylic acids is 1. The van der Waals surface area contributed by atoms with Gasteiger partial charge in [0.2, 0.25) is 0 Å². The highest BCUT2D eigenvalue weighted by Crippen LogP contribution is 2.16. The monoisotopic (exact) mass is 1360 g/mol. The summed E-state index contributed by atoms with van der Waals surface area (Å²) in [7, 11) is 5.90. The van der Waals surface area contributed by atoms with Crippen molar-refractivity contribution in [3.63, 3.8) is 0 Å². The molecule has 0 aromatic rings. The maximum absolute atomic E-state index is 12.9. The van der Waals surface area contributed by atoms with Crippen molar-refractivity contribution in [2.45, 2.75) is 283 Å². The van der Waals surface area contributed by atoms with Gasteiger partial charge in [-0.1, -0.05) is 322 Å². The number of esters is 2. The van der Waals surface area contributed by atoms with E-state index in [1.165, 1.54) is 83.5 Å². The lowest BCUT2D eigenvalue weighted by molar-refractivity contribution is -0.870. The molecule has 0 aliphatic rings. The van der Waals surface area contributed by atoms with E-state index >= 15 is 0 Å². The molecule has 0 saturated carbocycles. The summed E-state index contributed by atoms with van der Waals surface area (Å²) in [6, 6.07) is 0. The van der Waals surface area contributed by atoms with Crippen molar-refractivity contribution >= 4 is 17.9 Å². The molecule has 2 atom stereocenters. The van der Waals surface area contributed by atoms with Crippen molar-refractivity contribution in [2.24, 2.45) is 0 Å². The number of carboxylic acid groups (broad SMARTS) is 1. The minimum Gasteiger partial charge on any atom is -0.545 e. The number of aliphatic carboxylic acids is 1. The molecule has 0 rings (SSSR count). The van der Waals surface area contributed by atoms with Crippen LogP contribution in [-0.2, 0) is 33.3 Å². The number of hydrogen-bond acceptors (Lipinski definition) is 8. The fourth-order valence-corrected chi connectivity index (χ4v) is 9.87. The Bertz CT molecular complexity index is 2440. The largest absolute Gasteiger partial charge is 0.545 e. The van der Waals surface area contributed by atoms with Crippen molar-refractivity contribution in [3.8, 4) is 0 Å². The zero-order valence-corrected chi connectivity index (χ0v) is 63.3. The van der Waals surface area contributed by atoms with Crippen LogP contribution >= 0.6 is 0 Å². The van der Waals surface area contributed by atoms with Gasteiger partial charge in [0.05, 0.1) is 40.3 Å². The third-order valence-corrected chi connectivity index (χ3v) is 15.7. The average Bonchev–Trinajstić information content (AvgIpc) is 1.57. The van der Waals surface area contributed by atoms with E-state index in [0.29, 0.717) is 17.4 Å². The van der Waals surface area contributed by atoms with Crippen LogP contribution in [-0.4, -0.2) is 82.3 Å². The Morgan fingerprint density at radius 1 is 0.303 bits per heavy atom. The van der Waals surface area contributed by atoms with Crippen molar-refractivity contribution in [3.05, 3.63) is 219 Å². The number of nitrogens with zero attached hydrogens (tertiary/aromatic N) is 1. The van der Waals surface area contributed by atoms with Gasteiger partial charge in [0.25, 0.3) is 0 Å². The number of quaternary nitrogens is 1. The molecule has 2 unspecified atom stereocenters. The molecule has 0 spiro atoms. The first-order chi connectivity index (χ1) is 48.6. The number of rotatable bonds is 69. The minimum atomic E-state index is -1.65. The molecule has 9 heteroatoms. The van der Waals surface area contributed by atoms with Crippen LogP contribution in [0.3, 0.4) is 0 Å². The van der Waals surface area contributed by atoms with Gasteiger partial charge in [-0.15, -0.1) is 0 Å². The molecule has 0 amide bonds. The van der Waals surface area contributed by atoms with E-state index in [1.807, 2.05) is 21.1 Å². The maximum Gasteiger partial charge on any atom is 0.306 e. The van der Waals surface area contributed by atoms with Crippen LogP contribution in [0, 0.1) is 0 Å². The maximum atomic E-state index is 12.9. The number of likely N-dealkylation sites (N-methyl/N-ethyl adjacent to an activating group) is 1. The molecular weight excluding hydrogens is 1220 g/mol. The Kier molecular flexibility index (Phi) is 72.4. The lowest BCUT2D eigenvalue weighted by Crippen LogP contribution is -2.44. The van der Waals surface area contributed by atoms with E-state index in [1.54, 1.807) is 0 Å². The quantitative estimate of drug-likeness (QED) is 0.0195. The Morgan fingerprint density at radius 2 is 0.545 bits per heavy atom. The van der Waals surface area contributed by atoms with Gasteiger partial charge in [-0.3, -0.25) is 9.59 Å². The van der Waals surface area contributed by atoms with Crippen molar-refractivity contribution in [1.82, 2.24) is 0 Å². The van der Waals surface area contributed by atoms with Crippen LogP contribution in [0.2, 0.25) is 0 Å². The number of allylic oxidation sites excluding steroid dienone is 36. The Labute approximate surface area is 607 Å². The van der Waals surface area contributed by atoms with Gasteiger partial charge in [0.15, 0.2) is 12.4 Å². The highest BCUT2D eigenvalue weighted by atomic mass is 16.7. The van der Waals surface area contributed by atoms with E-state index in [-0.39, 0.29) is 38.6 Å². The first kappa shape index (κ1) is 92.6. The normalized spacial score (nSPS) is 13.9. The highest BCUT2D eigenvalue weighted by molar-refractivity contribution is 5.70. The van der Waals surface area contributed by atoms with E-state index in [2.05, 4.69) is 233 Å². The van der Waals surface area contributed by atoms with Crippen LogP contribution in [0.15, 0.2) is 219 Å². The van der Waals surface area contributed by atoms with E-state index in [0.717, 1.165) is 154 Å². The van der Waals surface area contributed by atoms with E-state index in [4.69, 9.17) is 18.9 Å². The average molecular weight is 1370 g/mol. The van der Waals surface area contributed by atoms with Gasteiger partial charge in [0.1, 0.15) is 13.2 Å². The summed E-state index contributed by atoms with van der Waals surface area (Å²) in [5.74, 6) is -2.36. The second kappa shape index (κ2) is 77.3. The zero-order chi connectivity index (χ0) is 71.8. The number of carbonyl (C=O) groups excluding carboxylic acids is 3. The number of ether oxygens (including phenoxy) is 4. The lowest BCUT2D eigenvalue weighted by atomic mass is 10.0. The molecule has 0 radical (unpaired) electrons. The van der Waals surface area contributed by atoms with Crippen LogP contribution in [0.5, 0.6) is 0 Å². The predicted octanol–water partition coefficient (Wildman–Crippen LogP) is 23.9. The van der Waals surface area contributed by atoms with E-state index in [9.17, 15) is 19.5 Å². The molecule has 0 N–H and O–H groups in total. The van der Waals surface area contributed by atoms with Crippen LogP contribution < -0.4 is 5.11 Å². The van der Waals surface area contributed by atoms with Crippen LogP contribution in [0.25, 0.3) is 0 Å². The van der Waals surface area contributed by atoms with Crippen LogP contribution in [0.1, 0.15) is 271 Å². The Morgan fingerprint density at radius 3 is 0.828 bits per heavy atom. The minimum absolute atomic E-state index is 0.128. The second-order valence-electron chi connectivity index (χ2n) is 26.2. The number of carbonyl (C=O) groups is 3. The molecule has 554 valence electrons. The lowest BCUT2D eigenvalue weighted by Gasteiger charge is -2.26. The van der Waals surface area contributed by atoms with Gasteiger partial charge in [-0.05, 0) is 154 Å². The number of hydrogen-bond donors (Lipinski definition) is 0. The zero-order valence-electron chi connectivity index (χ0n) is 63.3. The second-order valence-corrected chi connectivity index (χ2v) is 26.2. The topological polar surface area (TPSA) is 111 Å². The summed E-state index contributed by atoms with van der Waals surface area (Å²) in [5.41, 5.74) is 0. The SMILES string of the molecule is CC/C=C\C/C=C\C/C=C\C/C=C\C/C=C\C/C=C\C/C=C\C/C=C\C/C=C\C/C=C\CCCCC(=O)OC(COC(=O)CCCCCCCCCCCCCCCCCC/C=C\C/C=C\C/C=C\C/C=C\C/C=C\C/C=C\C/C=C\C/C=C\CC)COC(OCC[N+](C)(C)C)C(=O)[O-]. The molecular formula is C90H141NO8. The van der Waals surface area contributed by atoms with Gasteiger partial charge < -0.3 is 33.3 Å². The first-order valence-corrected chi connectivity index (χ1v) is 38.9. The molecule has 0 aromatic carbocycles. The summed E-state index contributed by atoms with van der Waals surface area (Å²) in [5, 5.41) is 11.9. The molecule has 9 nitrogen and oxygen atoms in total. The summed E-state index contributed by atoms with van der Waals surface area (Å²) >= 11 is 0. The van der Waals surface area contributed by atoms with Gasteiger partial charge in [-0.2, -0.15) is 0 Å². The summed E-state index contributed by atoms with van der Waals surface area (Å²) in [6.45, 7) is 4.45. The molecule has 0 saturated heterocycles. The van der Waals surface area contributed by atoms with Crippen molar-refractivity contribution < 1.29 is 42.9 Å². The third kappa shape index (κ3) is 78.8. The summed E-state index contributed by atoms with van der Waals surface area (Å²) < 4.78 is 22.8. The molecule has 0 aromatic heterocycles. The van der Waals surface area contributed by atoms with Crippen molar-refractivity contribution in [1.29, 1.82) is 0 Å². The fourth-order valence-electron chi connectivity index (χ4n) is 9.87. The predicted molar refractivity (Wildman–Crippen MR) is 425 cm³/mol. The van der Waals surface area contributed by atoms with Gasteiger partial charge >= 0.3 is 11.9 Å².